The fraction of sp³-hybridized carbons (Fsp3) is 0.333. The van der Waals surface area contributed by atoms with E-state index in [9.17, 15) is 0 Å². The number of hydrogen-bond acceptors (Lipinski definition) is 2. The van der Waals surface area contributed by atoms with E-state index in [2.05, 4.69) is 23.5 Å². The van der Waals surface area contributed by atoms with Crippen LogP contribution in [0.2, 0.25) is 0 Å². The molecule has 14 heavy (non-hydrogen) atoms. The lowest BCUT2D eigenvalue weighted by atomic mass is 9.98. The first-order valence-electron chi connectivity index (χ1n) is 5.11. The minimum absolute atomic E-state index is 0.671. The van der Waals surface area contributed by atoms with Gasteiger partial charge in [-0.2, -0.15) is 0 Å². The lowest BCUT2D eigenvalue weighted by Gasteiger charge is -2.07. The summed E-state index contributed by atoms with van der Waals surface area (Å²) in [6.45, 7) is 2.24. The van der Waals surface area contributed by atoms with Crippen molar-refractivity contribution >= 4 is 11.0 Å². The van der Waals surface area contributed by atoms with Crippen molar-refractivity contribution in [2.75, 3.05) is 13.1 Å². The van der Waals surface area contributed by atoms with Gasteiger partial charge in [0.05, 0.1) is 6.26 Å². The van der Waals surface area contributed by atoms with Crippen molar-refractivity contribution in [3.8, 4) is 0 Å². The molecule has 1 aromatic heterocycles. The van der Waals surface area contributed by atoms with Crippen LogP contribution in [-0.4, -0.2) is 13.1 Å². The Morgan fingerprint density at radius 3 is 3.14 bits per heavy atom. The molecule has 1 atom stereocenters. The first-order valence-corrected chi connectivity index (χ1v) is 5.11. The lowest BCUT2D eigenvalue weighted by Crippen LogP contribution is -2.07. The fourth-order valence-corrected chi connectivity index (χ4v) is 2.16. The molecule has 0 amide bonds. The molecule has 1 aliphatic rings. The van der Waals surface area contributed by atoms with Crippen molar-refractivity contribution in [2.24, 2.45) is 0 Å². The lowest BCUT2D eigenvalue weighted by molar-refractivity contribution is 0.614. The maximum absolute atomic E-state index is 5.40. The first kappa shape index (κ1) is 8.06. The quantitative estimate of drug-likeness (QED) is 0.742. The highest BCUT2D eigenvalue weighted by molar-refractivity contribution is 5.77. The predicted molar refractivity (Wildman–Crippen MR) is 56.4 cm³/mol. The molecule has 2 aromatic rings. The van der Waals surface area contributed by atoms with Gasteiger partial charge in [-0.1, -0.05) is 12.1 Å². The molecule has 0 bridgehead atoms. The third-order valence-electron chi connectivity index (χ3n) is 3.01. The summed E-state index contributed by atoms with van der Waals surface area (Å²) in [6.07, 6.45) is 2.99. The van der Waals surface area contributed by atoms with Gasteiger partial charge in [-0.25, -0.2) is 0 Å². The highest BCUT2D eigenvalue weighted by atomic mass is 16.3. The van der Waals surface area contributed by atoms with Crippen LogP contribution in [-0.2, 0) is 0 Å². The summed E-state index contributed by atoms with van der Waals surface area (Å²) in [5.74, 6) is 0.671. The van der Waals surface area contributed by atoms with E-state index in [-0.39, 0.29) is 0 Å². The van der Waals surface area contributed by atoms with Gasteiger partial charge in [0, 0.05) is 11.9 Å². The number of benzene rings is 1. The first-order chi connectivity index (χ1) is 6.93. The van der Waals surface area contributed by atoms with Crippen molar-refractivity contribution in [3.63, 3.8) is 0 Å². The third kappa shape index (κ3) is 1.23. The van der Waals surface area contributed by atoms with Gasteiger partial charge < -0.3 is 9.73 Å². The average molecular weight is 187 g/mol. The molecule has 3 rings (SSSR count). The van der Waals surface area contributed by atoms with E-state index >= 15 is 0 Å². The Kier molecular flexibility index (Phi) is 1.81. The van der Waals surface area contributed by atoms with Crippen LogP contribution < -0.4 is 5.32 Å². The molecule has 72 valence electrons. The molecule has 1 fully saturated rings. The van der Waals surface area contributed by atoms with Gasteiger partial charge in [-0.05, 0) is 36.6 Å². The molecule has 1 unspecified atom stereocenters. The van der Waals surface area contributed by atoms with Gasteiger partial charge in [0.25, 0.3) is 0 Å². The van der Waals surface area contributed by atoms with Crippen molar-refractivity contribution in [3.05, 3.63) is 36.1 Å². The van der Waals surface area contributed by atoms with Crippen LogP contribution in [0, 0.1) is 0 Å². The number of furan rings is 1. The van der Waals surface area contributed by atoms with E-state index in [1.807, 2.05) is 6.07 Å². The topological polar surface area (TPSA) is 25.2 Å². The largest absolute Gasteiger partial charge is 0.464 e. The number of hydrogen-bond donors (Lipinski definition) is 1. The summed E-state index contributed by atoms with van der Waals surface area (Å²) in [5, 5.41) is 4.58. The van der Waals surface area contributed by atoms with E-state index in [1.165, 1.54) is 17.4 Å². The summed E-state index contributed by atoms with van der Waals surface area (Å²) >= 11 is 0. The van der Waals surface area contributed by atoms with Gasteiger partial charge in [0.1, 0.15) is 5.58 Å². The highest BCUT2D eigenvalue weighted by Crippen LogP contribution is 2.26. The van der Waals surface area contributed by atoms with Crippen molar-refractivity contribution < 1.29 is 4.42 Å². The second-order valence-electron chi connectivity index (χ2n) is 3.91. The Morgan fingerprint density at radius 1 is 1.29 bits per heavy atom. The maximum atomic E-state index is 5.40. The number of fused-ring (bicyclic) bond motifs is 1. The Labute approximate surface area is 82.9 Å². The summed E-state index contributed by atoms with van der Waals surface area (Å²) in [6, 6.07) is 8.54. The smallest absolute Gasteiger partial charge is 0.134 e. The van der Waals surface area contributed by atoms with Gasteiger partial charge in [-0.15, -0.1) is 0 Å². The second-order valence-corrected chi connectivity index (χ2v) is 3.91. The zero-order chi connectivity index (χ0) is 9.38. The van der Waals surface area contributed by atoms with Gasteiger partial charge in [0.15, 0.2) is 0 Å². The van der Waals surface area contributed by atoms with Gasteiger partial charge >= 0.3 is 0 Å². The molecule has 0 spiro atoms. The highest BCUT2D eigenvalue weighted by Gasteiger charge is 2.16. The van der Waals surface area contributed by atoms with Crippen LogP contribution in [0.15, 0.2) is 34.9 Å². The van der Waals surface area contributed by atoms with E-state index in [0.717, 1.165) is 18.7 Å². The molecule has 2 nitrogen and oxygen atoms in total. The summed E-state index contributed by atoms with van der Waals surface area (Å²) < 4.78 is 5.40. The average Bonchev–Trinajstić information content (AvgIpc) is 2.88. The van der Waals surface area contributed by atoms with Crippen molar-refractivity contribution in [1.82, 2.24) is 5.32 Å². The molecule has 0 aliphatic carbocycles. The standard InChI is InChI=1S/C12H13NO/c1-2-10(11-3-5-13-8-11)7-12-9(1)4-6-14-12/h1-2,4,6-7,11,13H,3,5,8H2. The molecule has 2 heteroatoms. The molecule has 1 saturated heterocycles. The number of nitrogens with one attached hydrogen (secondary N) is 1. The van der Waals surface area contributed by atoms with E-state index in [1.54, 1.807) is 6.26 Å². The molecule has 0 saturated carbocycles. The normalized spacial score (nSPS) is 21.9. The summed E-state index contributed by atoms with van der Waals surface area (Å²) in [4.78, 5) is 0. The predicted octanol–water partition coefficient (Wildman–Crippen LogP) is 2.51. The zero-order valence-corrected chi connectivity index (χ0v) is 7.99. The molecule has 2 heterocycles. The van der Waals surface area contributed by atoms with Gasteiger partial charge in [-0.3, -0.25) is 0 Å². The summed E-state index contributed by atoms with van der Waals surface area (Å²) in [7, 11) is 0. The van der Waals surface area contributed by atoms with Crippen molar-refractivity contribution in [2.45, 2.75) is 12.3 Å². The maximum Gasteiger partial charge on any atom is 0.134 e. The molecular formula is C12H13NO. The molecular weight excluding hydrogens is 174 g/mol. The fourth-order valence-electron chi connectivity index (χ4n) is 2.16. The Hall–Kier alpha value is -1.28. The van der Waals surface area contributed by atoms with E-state index in [0.29, 0.717) is 5.92 Å². The molecule has 1 aliphatic heterocycles. The molecule has 1 aromatic carbocycles. The monoisotopic (exact) mass is 187 g/mol. The SMILES string of the molecule is c1cc2ccc(C3CCNC3)cc2o1. The van der Waals surface area contributed by atoms with Crippen LogP contribution in [0.5, 0.6) is 0 Å². The van der Waals surface area contributed by atoms with Crippen LogP contribution >= 0.6 is 0 Å². The summed E-state index contributed by atoms with van der Waals surface area (Å²) in [5.41, 5.74) is 2.41. The number of rotatable bonds is 1. The van der Waals surface area contributed by atoms with Crippen molar-refractivity contribution in [1.29, 1.82) is 0 Å². The minimum Gasteiger partial charge on any atom is -0.464 e. The third-order valence-corrected chi connectivity index (χ3v) is 3.01. The van der Waals surface area contributed by atoms with Gasteiger partial charge in [0.2, 0.25) is 0 Å². The molecule has 1 N–H and O–H groups in total. The zero-order valence-electron chi connectivity index (χ0n) is 7.99. The Morgan fingerprint density at radius 2 is 2.29 bits per heavy atom. The van der Waals surface area contributed by atoms with E-state index in [4.69, 9.17) is 4.42 Å². The van der Waals surface area contributed by atoms with Crippen LogP contribution in [0.4, 0.5) is 0 Å². The Bertz CT molecular complexity index is 440. The molecule has 0 radical (unpaired) electrons. The van der Waals surface area contributed by atoms with E-state index < -0.39 is 0 Å². The minimum atomic E-state index is 0.671. The van der Waals surface area contributed by atoms with Crippen LogP contribution in [0.1, 0.15) is 17.9 Å². The van der Waals surface area contributed by atoms with Crippen LogP contribution in [0.3, 0.4) is 0 Å². The second kappa shape index (κ2) is 3.14. The van der Waals surface area contributed by atoms with Crippen LogP contribution in [0.25, 0.3) is 11.0 Å². The Balaban J connectivity index is 2.04.